The van der Waals surface area contributed by atoms with E-state index in [-0.39, 0.29) is 23.5 Å². The first-order valence-corrected chi connectivity index (χ1v) is 9.54. The van der Waals surface area contributed by atoms with Crippen LogP contribution in [0.2, 0.25) is 0 Å². The second-order valence-corrected chi connectivity index (χ2v) is 8.01. The number of rotatable bonds is 6. The van der Waals surface area contributed by atoms with Crippen LogP contribution in [-0.2, 0) is 14.6 Å². The maximum atomic E-state index is 12.4. The second-order valence-electron chi connectivity index (χ2n) is 5.78. The van der Waals surface area contributed by atoms with Crippen LogP contribution in [0.4, 0.5) is 5.69 Å². The summed E-state index contributed by atoms with van der Waals surface area (Å²) < 4.78 is 22.8. The van der Waals surface area contributed by atoms with E-state index >= 15 is 0 Å². The summed E-state index contributed by atoms with van der Waals surface area (Å²) in [4.78, 5) is 14.1. The van der Waals surface area contributed by atoms with Crippen LogP contribution < -0.4 is 10.2 Å². The maximum Gasteiger partial charge on any atom is 0.228 e. The van der Waals surface area contributed by atoms with Crippen molar-refractivity contribution in [1.29, 1.82) is 0 Å². The van der Waals surface area contributed by atoms with Crippen molar-refractivity contribution in [3.05, 3.63) is 29.8 Å². The summed E-state index contributed by atoms with van der Waals surface area (Å²) in [5.41, 5.74) is 2.04. The van der Waals surface area contributed by atoms with E-state index in [9.17, 15) is 13.2 Å². The SMILES string of the molecule is CCN(C(=O)CCNC1CCS(=O)(=O)C1)c1cccc(C)c1. The topological polar surface area (TPSA) is 66.5 Å². The van der Waals surface area contributed by atoms with Gasteiger partial charge in [-0.25, -0.2) is 8.42 Å². The molecule has 22 heavy (non-hydrogen) atoms. The van der Waals surface area contributed by atoms with Crippen LogP contribution in [0.15, 0.2) is 24.3 Å². The Morgan fingerprint density at radius 3 is 2.77 bits per heavy atom. The number of carbonyl (C=O) groups excluding carboxylic acids is 1. The predicted octanol–water partition coefficient (Wildman–Crippen LogP) is 1.51. The van der Waals surface area contributed by atoms with E-state index in [0.29, 0.717) is 25.9 Å². The molecule has 0 aliphatic carbocycles. The first-order valence-electron chi connectivity index (χ1n) is 7.72. The Hall–Kier alpha value is -1.40. The third-order valence-electron chi connectivity index (χ3n) is 3.93. The third kappa shape index (κ3) is 4.55. The van der Waals surface area contributed by atoms with E-state index in [1.165, 1.54) is 0 Å². The number of aryl methyl sites for hydroxylation is 1. The van der Waals surface area contributed by atoms with E-state index in [0.717, 1.165) is 11.3 Å². The maximum absolute atomic E-state index is 12.4. The van der Waals surface area contributed by atoms with Gasteiger partial charge in [0.05, 0.1) is 11.5 Å². The van der Waals surface area contributed by atoms with Gasteiger partial charge in [0.2, 0.25) is 5.91 Å². The Morgan fingerprint density at radius 1 is 1.41 bits per heavy atom. The molecule has 1 atom stereocenters. The molecular formula is C16H24N2O3S. The molecule has 0 bridgehead atoms. The first kappa shape index (κ1) is 17.0. The number of hydrogen-bond donors (Lipinski definition) is 1. The molecule has 5 nitrogen and oxygen atoms in total. The van der Waals surface area contributed by atoms with Crippen LogP contribution in [0.5, 0.6) is 0 Å². The van der Waals surface area contributed by atoms with Crippen molar-refractivity contribution in [1.82, 2.24) is 5.32 Å². The summed E-state index contributed by atoms with van der Waals surface area (Å²) in [6, 6.07) is 7.88. The number of nitrogens with one attached hydrogen (secondary N) is 1. The molecule has 1 aromatic carbocycles. The summed E-state index contributed by atoms with van der Waals surface area (Å²) in [7, 11) is -2.87. The van der Waals surface area contributed by atoms with E-state index in [2.05, 4.69) is 5.32 Å². The molecule has 122 valence electrons. The average Bonchev–Trinajstić information content (AvgIpc) is 2.79. The lowest BCUT2D eigenvalue weighted by molar-refractivity contribution is -0.118. The smallest absolute Gasteiger partial charge is 0.228 e. The van der Waals surface area contributed by atoms with Gasteiger partial charge in [0.1, 0.15) is 0 Å². The Morgan fingerprint density at radius 2 is 2.18 bits per heavy atom. The molecule has 1 saturated heterocycles. The largest absolute Gasteiger partial charge is 0.313 e. The van der Waals surface area contributed by atoms with E-state index < -0.39 is 9.84 Å². The van der Waals surface area contributed by atoms with Crippen LogP contribution >= 0.6 is 0 Å². The number of anilines is 1. The van der Waals surface area contributed by atoms with Crippen LogP contribution in [0.3, 0.4) is 0 Å². The molecule has 1 unspecified atom stereocenters. The van der Waals surface area contributed by atoms with Crippen molar-refractivity contribution < 1.29 is 13.2 Å². The average molecular weight is 324 g/mol. The minimum atomic E-state index is -2.87. The zero-order chi connectivity index (χ0) is 16.2. The van der Waals surface area contributed by atoms with Crippen molar-refractivity contribution in [2.75, 3.05) is 29.5 Å². The van der Waals surface area contributed by atoms with Crippen LogP contribution in [-0.4, -0.2) is 45.0 Å². The van der Waals surface area contributed by atoms with Crippen molar-refractivity contribution in [2.45, 2.75) is 32.7 Å². The summed E-state index contributed by atoms with van der Waals surface area (Å²) in [5, 5.41) is 3.18. The van der Waals surface area contributed by atoms with E-state index in [1.807, 2.05) is 38.1 Å². The number of amides is 1. The van der Waals surface area contributed by atoms with Crippen molar-refractivity contribution in [2.24, 2.45) is 0 Å². The van der Waals surface area contributed by atoms with Gasteiger partial charge >= 0.3 is 0 Å². The zero-order valence-electron chi connectivity index (χ0n) is 13.2. The first-order chi connectivity index (χ1) is 10.4. The Balaban J connectivity index is 1.85. The highest BCUT2D eigenvalue weighted by Crippen LogP contribution is 2.17. The lowest BCUT2D eigenvalue weighted by atomic mass is 10.2. The van der Waals surface area contributed by atoms with Gasteiger partial charge in [-0.1, -0.05) is 12.1 Å². The molecule has 1 aliphatic heterocycles. The molecule has 1 aromatic rings. The van der Waals surface area contributed by atoms with Gasteiger partial charge in [0.15, 0.2) is 9.84 Å². The Bertz CT molecular complexity index is 628. The van der Waals surface area contributed by atoms with Gasteiger partial charge in [-0.2, -0.15) is 0 Å². The van der Waals surface area contributed by atoms with Crippen LogP contribution in [0.25, 0.3) is 0 Å². The van der Waals surface area contributed by atoms with Gasteiger partial charge < -0.3 is 10.2 Å². The molecule has 1 amide bonds. The zero-order valence-corrected chi connectivity index (χ0v) is 14.0. The minimum Gasteiger partial charge on any atom is -0.313 e. The van der Waals surface area contributed by atoms with E-state index in [4.69, 9.17) is 0 Å². The molecule has 6 heteroatoms. The van der Waals surface area contributed by atoms with Crippen molar-refractivity contribution >= 4 is 21.4 Å². The Labute approximate surface area is 132 Å². The van der Waals surface area contributed by atoms with Gasteiger partial charge in [0, 0.05) is 31.2 Å². The molecule has 0 spiro atoms. The number of carbonyl (C=O) groups is 1. The molecule has 1 N–H and O–H groups in total. The fourth-order valence-corrected chi connectivity index (χ4v) is 4.48. The monoisotopic (exact) mass is 324 g/mol. The number of sulfone groups is 1. The molecule has 1 fully saturated rings. The summed E-state index contributed by atoms with van der Waals surface area (Å²) in [6.45, 7) is 5.10. The highest BCUT2D eigenvalue weighted by molar-refractivity contribution is 7.91. The highest BCUT2D eigenvalue weighted by atomic mass is 32.2. The molecule has 1 heterocycles. The van der Waals surface area contributed by atoms with Crippen molar-refractivity contribution in [3.8, 4) is 0 Å². The molecule has 2 rings (SSSR count). The number of benzene rings is 1. The quantitative estimate of drug-likeness (QED) is 0.861. The summed E-state index contributed by atoms with van der Waals surface area (Å²) in [6.07, 6.45) is 1.02. The van der Waals surface area contributed by atoms with Gasteiger partial charge in [0.25, 0.3) is 0 Å². The lowest BCUT2D eigenvalue weighted by Crippen LogP contribution is -2.36. The predicted molar refractivity (Wildman–Crippen MR) is 88.9 cm³/mol. The third-order valence-corrected chi connectivity index (χ3v) is 5.70. The van der Waals surface area contributed by atoms with Crippen LogP contribution in [0.1, 0.15) is 25.3 Å². The van der Waals surface area contributed by atoms with E-state index in [1.54, 1.807) is 4.90 Å². The summed E-state index contributed by atoms with van der Waals surface area (Å²) >= 11 is 0. The fraction of sp³-hybridized carbons (Fsp3) is 0.562. The van der Waals surface area contributed by atoms with Gasteiger partial charge in [-0.05, 0) is 38.0 Å². The summed E-state index contributed by atoms with van der Waals surface area (Å²) in [5.74, 6) is 0.501. The molecular weight excluding hydrogens is 300 g/mol. The standard InChI is InChI=1S/C16H24N2O3S/c1-3-18(15-6-4-5-13(2)11-15)16(19)7-9-17-14-8-10-22(20,21)12-14/h4-6,11,14,17H,3,7-10,12H2,1-2H3. The number of nitrogens with zero attached hydrogens (tertiary/aromatic N) is 1. The molecule has 1 aliphatic rings. The normalized spacial score (nSPS) is 20.0. The van der Waals surface area contributed by atoms with Crippen molar-refractivity contribution in [3.63, 3.8) is 0 Å². The van der Waals surface area contributed by atoms with Gasteiger partial charge in [-0.15, -0.1) is 0 Å². The van der Waals surface area contributed by atoms with Crippen LogP contribution in [0, 0.1) is 6.92 Å². The second kappa shape index (κ2) is 7.24. The number of hydrogen-bond acceptors (Lipinski definition) is 4. The lowest BCUT2D eigenvalue weighted by Gasteiger charge is -2.22. The Kier molecular flexibility index (Phi) is 5.58. The molecule has 0 radical (unpaired) electrons. The fourth-order valence-electron chi connectivity index (χ4n) is 2.77. The minimum absolute atomic E-state index is 0.00755. The highest BCUT2D eigenvalue weighted by Gasteiger charge is 2.27. The van der Waals surface area contributed by atoms with Gasteiger partial charge in [-0.3, -0.25) is 4.79 Å². The molecule has 0 aromatic heterocycles. The molecule has 0 saturated carbocycles.